The number of amidine groups is 1. The van der Waals surface area contributed by atoms with Crippen LogP contribution in [-0.4, -0.2) is 26.8 Å². The van der Waals surface area contributed by atoms with E-state index in [9.17, 15) is 0 Å². The molecule has 0 saturated heterocycles. The minimum Gasteiger partial charge on any atom is -0.409 e. The van der Waals surface area contributed by atoms with E-state index in [4.69, 9.17) is 10.9 Å². The number of oxime groups is 1. The maximum atomic E-state index is 8.43. The summed E-state index contributed by atoms with van der Waals surface area (Å²) >= 11 is 1.55. The predicted molar refractivity (Wildman–Crippen MR) is 55.3 cm³/mol. The first kappa shape index (κ1) is 10.8. The van der Waals surface area contributed by atoms with Gasteiger partial charge in [0.25, 0.3) is 0 Å². The van der Waals surface area contributed by atoms with E-state index in [2.05, 4.69) is 15.1 Å². The maximum Gasteiger partial charge on any atom is 0.142 e. The van der Waals surface area contributed by atoms with Crippen molar-refractivity contribution in [2.75, 3.05) is 5.75 Å². The molecule has 0 aliphatic rings. The third kappa shape index (κ3) is 3.21. The van der Waals surface area contributed by atoms with E-state index in [1.165, 1.54) is 6.33 Å². The van der Waals surface area contributed by atoms with Crippen molar-refractivity contribution in [3.8, 4) is 0 Å². The standard InChI is InChI=1S/C8H12N4OS/c1-6(8(9)12-13)4-14-7-2-3-10-5-11-7/h2-3,5-6,13H,4H2,1H3,(H2,9,12). The highest BCUT2D eigenvalue weighted by Gasteiger charge is 2.08. The minimum absolute atomic E-state index is 0.0277. The Balaban J connectivity index is 2.42. The summed E-state index contributed by atoms with van der Waals surface area (Å²) in [5.74, 6) is 0.999. The Morgan fingerprint density at radius 3 is 3.14 bits per heavy atom. The smallest absolute Gasteiger partial charge is 0.142 e. The van der Waals surface area contributed by atoms with Gasteiger partial charge in [0.15, 0.2) is 0 Å². The van der Waals surface area contributed by atoms with Crippen molar-refractivity contribution in [3.05, 3.63) is 18.6 Å². The van der Waals surface area contributed by atoms with Crippen molar-refractivity contribution in [1.29, 1.82) is 0 Å². The summed E-state index contributed by atoms with van der Waals surface area (Å²) in [6, 6.07) is 1.82. The lowest BCUT2D eigenvalue weighted by molar-refractivity contribution is 0.315. The molecule has 0 bridgehead atoms. The van der Waals surface area contributed by atoms with Crippen molar-refractivity contribution in [2.24, 2.45) is 16.8 Å². The minimum atomic E-state index is 0.0277. The number of thioether (sulfide) groups is 1. The fourth-order valence-electron chi connectivity index (χ4n) is 0.758. The van der Waals surface area contributed by atoms with Crippen LogP contribution in [0.25, 0.3) is 0 Å². The fraction of sp³-hybridized carbons (Fsp3) is 0.375. The van der Waals surface area contributed by atoms with Gasteiger partial charge in [-0.3, -0.25) is 0 Å². The largest absolute Gasteiger partial charge is 0.409 e. The molecule has 1 atom stereocenters. The van der Waals surface area contributed by atoms with Gasteiger partial charge in [0.05, 0.1) is 5.03 Å². The molecule has 14 heavy (non-hydrogen) atoms. The van der Waals surface area contributed by atoms with Crippen LogP contribution in [0.5, 0.6) is 0 Å². The molecule has 0 saturated carbocycles. The molecule has 0 amide bonds. The first-order valence-electron chi connectivity index (χ1n) is 4.10. The van der Waals surface area contributed by atoms with Crippen LogP contribution in [-0.2, 0) is 0 Å². The van der Waals surface area contributed by atoms with Crippen LogP contribution >= 0.6 is 11.8 Å². The second-order valence-electron chi connectivity index (χ2n) is 2.78. The van der Waals surface area contributed by atoms with Crippen molar-refractivity contribution >= 4 is 17.6 Å². The van der Waals surface area contributed by atoms with Gasteiger partial charge in [-0.1, -0.05) is 12.1 Å². The fourth-order valence-corrected chi connectivity index (χ4v) is 1.63. The summed E-state index contributed by atoms with van der Waals surface area (Å²) < 4.78 is 0. The van der Waals surface area contributed by atoms with E-state index in [-0.39, 0.29) is 11.8 Å². The average Bonchev–Trinajstić information content (AvgIpc) is 2.26. The summed E-state index contributed by atoms with van der Waals surface area (Å²) in [5, 5.41) is 12.3. The van der Waals surface area contributed by atoms with Crippen LogP contribution < -0.4 is 5.73 Å². The Bertz CT molecular complexity index is 303. The molecule has 1 aromatic rings. The van der Waals surface area contributed by atoms with Gasteiger partial charge in [-0.15, -0.1) is 11.8 Å². The highest BCUT2D eigenvalue weighted by molar-refractivity contribution is 7.99. The second kappa shape index (κ2) is 5.43. The zero-order valence-electron chi connectivity index (χ0n) is 7.79. The van der Waals surface area contributed by atoms with Gasteiger partial charge < -0.3 is 10.9 Å². The molecule has 1 heterocycles. The molecule has 5 nitrogen and oxygen atoms in total. The zero-order chi connectivity index (χ0) is 10.4. The molecule has 76 valence electrons. The third-order valence-corrected chi connectivity index (χ3v) is 2.86. The van der Waals surface area contributed by atoms with Crippen LogP contribution in [0.4, 0.5) is 0 Å². The lowest BCUT2D eigenvalue weighted by Gasteiger charge is -2.07. The summed E-state index contributed by atoms with van der Waals surface area (Å²) in [6.07, 6.45) is 3.18. The summed E-state index contributed by atoms with van der Waals surface area (Å²) in [4.78, 5) is 7.86. The lowest BCUT2D eigenvalue weighted by atomic mass is 10.2. The highest BCUT2D eigenvalue weighted by Crippen LogP contribution is 2.17. The van der Waals surface area contributed by atoms with E-state index in [1.54, 1.807) is 18.0 Å². The molecule has 0 aromatic carbocycles. The molecule has 6 heteroatoms. The molecular formula is C8H12N4OS. The highest BCUT2D eigenvalue weighted by atomic mass is 32.2. The number of nitrogens with two attached hydrogens (primary N) is 1. The first-order chi connectivity index (χ1) is 6.74. The molecule has 1 rings (SSSR count). The van der Waals surface area contributed by atoms with Gasteiger partial charge in [-0.25, -0.2) is 9.97 Å². The Morgan fingerprint density at radius 2 is 2.57 bits per heavy atom. The van der Waals surface area contributed by atoms with Gasteiger partial charge in [0.1, 0.15) is 12.2 Å². The topological polar surface area (TPSA) is 84.4 Å². The summed E-state index contributed by atoms with van der Waals surface area (Å²) in [6.45, 7) is 1.89. The Morgan fingerprint density at radius 1 is 1.79 bits per heavy atom. The molecule has 3 N–H and O–H groups in total. The normalized spacial score (nSPS) is 13.9. The van der Waals surface area contributed by atoms with Crippen LogP contribution in [0.1, 0.15) is 6.92 Å². The maximum absolute atomic E-state index is 8.43. The van der Waals surface area contributed by atoms with E-state index in [0.29, 0.717) is 0 Å². The number of aromatic nitrogens is 2. The molecule has 0 aliphatic carbocycles. The molecule has 0 fully saturated rings. The molecule has 1 unspecified atom stereocenters. The van der Waals surface area contributed by atoms with Crippen LogP contribution in [0.15, 0.2) is 28.8 Å². The predicted octanol–water partition coefficient (Wildman–Crippen LogP) is 0.951. The van der Waals surface area contributed by atoms with E-state index in [1.807, 2.05) is 13.0 Å². The SMILES string of the molecule is CC(CSc1ccncn1)C(N)=NO. The molecule has 0 aliphatic heterocycles. The molecule has 0 radical (unpaired) electrons. The van der Waals surface area contributed by atoms with E-state index in [0.717, 1.165) is 10.8 Å². The summed E-state index contributed by atoms with van der Waals surface area (Å²) in [7, 11) is 0. The quantitative estimate of drug-likeness (QED) is 0.194. The van der Waals surface area contributed by atoms with Crippen molar-refractivity contribution < 1.29 is 5.21 Å². The number of hydrogen-bond acceptors (Lipinski definition) is 5. The Hall–Kier alpha value is -1.30. The first-order valence-corrected chi connectivity index (χ1v) is 5.09. The molecule has 1 aromatic heterocycles. The lowest BCUT2D eigenvalue weighted by Crippen LogP contribution is -2.22. The number of rotatable bonds is 4. The van der Waals surface area contributed by atoms with Crippen LogP contribution in [0.2, 0.25) is 0 Å². The second-order valence-corrected chi connectivity index (χ2v) is 3.82. The Kier molecular flexibility index (Phi) is 4.18. The van der Waals surface area contributed by atoms with Gasteiger partial charge in [-0.05, 0) is 6.07 Å². The van der Waals surface area contributed by atoms with Gasteiger partial charge >= 0.3 is 0 Å². The van der Waals surface area contributed by atoms with Crippen molar-refractivity contribution in [3.63, 3.8) is 0 Å². The van der Waals surface area contributed by atoms with E-state index < -0.39 is 0 Å². The zero-order valence-corrected chi connectivity index (χ0v) is 8.61. The number of nitrogens with zero attached hydrogens (tertiary/aromatic N) is 3. The average molecular weight is 212 g/mol. The summed E-state index contributed by atoms with van der Waals surface area (Å²) in [5.41, 5.74) is 5.43. The monoisotopic (exact) mass is 212 g/mol. The molecular weight excluding hydrogens is 200 g/mol. The van der Waals surface area contributed by atoms with E-state index >= 15 is 0 Å². The Labute approximate surface area is 86.4 Å². The van der Waals surface area contributed by atoms with Crippen molar-refractivity contribution in [1.82, 2.24) is 9.97 Å². The van der Waals surface area contributed by atoms with Crippen molar-refractivity contribution in [2.45, 2.75) is 11.9 Å². The van der Waals surface area contributed by atoms with Crippen LogP contribution in [0, 0.1) is 5.92 Å². The van der Waals surface area contributed by atoms with Gasteiger partial charge in [0, 0.05) is 17.9 Å². The molecule has 0 spiro atoms. The third-order valence-electron chi connectivity index (χ3n) is 1.66. The van der Waals surface area contributed by atoms with Gasteiger partial charge in [0.2, 0.25) is 0 Å². The van der Waals surface area contributed by atoms with Gasteiger partial charge in [-0.2, -0.15) is 0 Å². The number of hydrogen-bond donors (Lipinski definition) is 2. The van der Waals surface area contributed by atoms with Crippen LogP contribution in [0.3, 0.4) is 0 Å².